The normalized spacial score (nSPS) is 11.9. The van der Waals surface area contributed by atoms with E-state index >= 15 is 0 Å². The van der Waals surface area contributed by atoms with Crippen molar-refractivity contribution in [2.75, 3.05) is 0 Å². The van der Waals surface area contributed by atoms with Gasteiger partial charge in [-0.05, 0) is 5.92 Å². The minimum atomic E-state index is -1.47. The second kappa shape index (κ2) is 5.14. The van der Waals surface area contributed by atoms with E-state index in [2.05, 4.69) is 11.9 Å². The van der Waals surface area contributed by atoms with Crippen LogP contribution in [0.3, 0.4) is 0 Å². The van der Waals surface area contributed by atoms with Gasteiger partial charge in [-0.2, -0.15) is 0 Å². The molecule has 0 bridgehead atoms. The number of amides is 1. The van der Waals surface area contributed by atoms with Gasteiger partial charge in [0, 0.05) is 0 Å². The van der Waals surface area contributed by atoms with Gasteiger partial charge in [-0.3, -0.25) is 4.79 Å². The maximum Gasteiger partial charge on any atom is 0.340 e. The van der Waals surface area contributed by atoms with Gasteiger partial charge in [0.15, 0.2) is 0 Å². The highest BCUT2D eigenvalue weighted by atomic mass is 16.4. The van der Waals surface area contributed by atoms with Gasteiger partial charge in [0.2, 0.25) is 0 Å². The van der Waals surface area contributed by atoms with Gasteiger partial charge in [-0.15, -0.1) is 0 Å². The Morgan fingerprint density at radius 2 is 1.67 bits per heavy atom. The van der Waals surface area contributed by atoms with Crippen LogP contribution < -0.4 is 5.32 Å². The molecule has 84 valence electrons. The van der Waals surface area contributed by atoms with Crippen LogP contribution in [0.4, 0.5) is 0 Å². The van der Waals surface area contributed by atoms with Crippen molar-refractivity contribution in [2.45, 2.75) is 19.9 Å². The predicted molar refractivity (Wildman–Crippen MR) is 51.2 cm³/mol. The third kappa shape index (κ3) is 3.80. The fourth-order valence-electron chi connectivity index (χ4n) is 0.839. The topological polar surface area (TPSA) is 104 Å². The molecule has 0 aromatic carbocycles. The summed E-state index contributed by atoms with van der Waals surface area (Å²) in [5, 5.41) is 19.2. The third-order valence-corrected chi connectivity index (χ3v) is 1.75. The van der Waals surface area contributed by atoms with Gasteiger partial charge in [0.25, 0.3) is 5.91 Å². The smallest absolute Gasteiger partial charge is 0.340 e. The fraction of sp³-hybridized carbons (Fsp3) is 0.444. The van der Waals surface area contributed by atoms with Gasteiger partial charge in [-0.1, -0.05) is 20.4 Å². The van der Waals surface area contributed by atoms with Gasteiger partial charge < -0.3 is 15.5 Å². The number of carbonyl (C=O) groups excluding carboxylic acids is 1. The summed E-state index contributed by atoms with van der Waals surface area (Å²) in [4.78, 5) is 32.2. The summed E-state index contributed by atoms with van der Waals surface area (Å²) in [5.41, 5.74) is -0.679. The average molecular weight is 215 g/mol. The van der Waals surface area contributed by atoms with Crippen LogP contribution in [-0.2, 0) is 14.4 Å². The summed E-state index contributed by atoms with van der Waals surface area (Å²) < 4.78 is 0. The van der Waals surface area contributed by atoms with Crippen molar-refractivity contribution in [1.82, 2.24) is 5.32 Å². The first-order valence-corrected chi connectivity index (χ1v) is 4.23. The lowest BCUT2D eigenvalue weighted by atomic mass is 10.0. The van der Waals surface area contributed by atoms with E-state index < -0.39 is 29.5 Å². The highest BCUT2D eigenvalue weighted by Crippen LogP contribution is 2.03. The fourth-order valence-corrected chi connectivity index (χ4v) is 0.839. The maximum atomic E-state index is 11.1. The van der Waals surface area contributed by atoms with Crippen molar-refractivity contribution < 1.29 is 24.6 Å². The quantitative estimate of drug-likeness (QED) is 0.336. The Kier molecular flexibility index (Phi) is 4.50. The van der Waals surface area contributed by atoms with Crippen LogP contribution in [-0.4, -0.2) is 34.1 Å². The first kappa shape index (κ1) is 13.2. The number of carbonyl (C=O) groups is 3. The Morgan fingerprint density at radius 1 is 1.20 bits per heavy atom. The molecule has 15 heavy (non-hydrogen) atoms. The van der Waals surface area contributed by atoms with Crippen LogP contribution in [0.25, 0.3) is 0 Å². The molecule has 0 spiro atoms. The molecule has 1 atom stereocenters. The Bertz CT molecular complexity index is 308. The van der Waals surface area contributed by atoms with E-state index in [4.69, 9.17) is 10.2 Å². The molecule has 6 nitrogen and oxygen atoms in total. The minimum absolute atomic E-state index is 0.340. The molecule has 0 saturated heterocycles. The average Bonchev–Trinajstić information content (AvgIpc) is 2.11. The molecule has 6 heteroatoms. The van der Waals surface area contributed by atoms with Crippen molar-refractivity contribution in [3.05, 3.63) is 12.2 Å². The predicted octanol–water partition coefficient (Wildman–Crippen LogP) is -0.147. The molecule has 0 fully saturated rings. The summed E-state index contributed by atoms with van der Waals surface area (Å²) in [7, 11) is 0. The Labute approximate surface area is 86.6 Å². The summed E-state index contributed by atoms with van der Waals surface area (Å²) in [5.74, 6) is -4.01. The van der Waals surface area contributed by atoms with E-state index in [1.54, 1.807) is 13.8 Å². The number of carboxylic acid groups (broad SMARTS) is 2. The van der Waals surface area contributed by atoms with Gasteiger partial charge >= 0.3 is 11.9 Å². The van der Waals surface area contributed by atoms with E-state index in [1.807, 2.05) is 0 Å². The van der Waals surface area contributed by atoms with E-state index in [9.17, 15) is 14.4 Å². The first-order valence-electron chi connectivity index (χ1n) is 4.23. The Balaban J connectivity index is 4.57. The molecular weight excluding hydrogens is 202 g/mol. The highest BCUT2D eigenvalue weighted by molar-refractivity contribution is 6.15. The van der Waals surface area contributed by atoms with Crippen LogP contribution in [0, 0.1) is 5.92 Å². The van der Waals surface area contributed by atoms with Crippen molar-refractivity contribution in [2.24, 2.45) is 5.92 Å². The molecule has 1 unspecified atom stereocenters. The molecule has 0 aliphatic heterocycles. The number of rotatable bonds is 5. The molecule has 0 saturated carbocycles. The Hall–Kier alpha value is -1.85. The highest BCUT2D eigenvalue weighted by Gasteiger charge is 2.25. The summed E-state index contributed by atoms with van der Waals surface area (Å²) in [6, 6.07) is -1.12. The monoisotopic (exact) mass is 215 g/mol. The lowest BCUT2D eigenvalue weighted by Gasteiger charge is -2.17. The molecule has 0 aromatic rings. The number of nitrogens with one attached hydrogen (secondary N) is 1. The first-order chi connectivity index (χ1) is 6.77. The zero-order valence-corrected chi connectivity index (χ0v) is 8.48. The SMILES string of the molecule is C=C(C(=O)O)C(=O)NC(C(=O)O)C(C)C. The second-order valence-electron chi connectivity index (χ2n) is 3.32. The molecule has 0 aliphatic rings. The molecule has 1 amide bonds. The van der Waals surface area contributed by atoms with Crippen molar-refractivity contribution in [3.8, 4) is 0 Å². The van der Waals surface area contributed by atoms with Crippen LogP contribution in [0.5, 0.6) is 0 Å². The molecule has 0 rings (SSSR count). The lowest BCUT2D eigenvalue weighted by molar-refractivity contribution is -0.143. The summed E-state index contributed by atoms with van der Waals surface area (Å²) in [6.45, 7) is 6.22. The molecule has 3 N–H and O–H groups in total. The largest absolute Gasteiger partial charge is 0.480 e. The van der Waals surface area contributed by atoms with E-state index in [0.717, 1.165) is 0 Å². The van der Waals surface area contributed by atoms with Crippen LogP contribution >= 0.6 is 0 Å². The van der Waals surface area contributed by atoms with Crippen LogP contribution in [0.1, 0.15) is 13.8 Å². The minimum Gasteiger partial charge on any atom is -0.480 e. The number of aliphatic carboxylic acids is 2. The molecule has 0 aliphatic carbocycles. The van der Waals surface area contributed by atoms with Gasteiger partial charge in [0.05, 0.1) is 0 Å². The standard InChI is InChI=1S/C9H13NO5/c1-4(2)6(9(14)15)10-7(11)5(3)8(12)13/h4,6H,3H2,1-2H3,(H,10,11)(H,12,13)(H,14,15). The van der Waals surface area contributed by atoms with Crippen molar-refractivity contribution in [3.63, 3.8) is 0 Å². The van der Waals surface area contributed by atoms with E-state index in [-0.39, 0.29) is 5.92 Å². The Morgan fingerprint density at radius 3 is 1.93 bits per heavy atom. The molecule has 0 radical (unpaired) electrons. The number of carboxylic acids is 2. The second-order valence-corrected chi connectivity index (χ2v) is 3.32. The van der Waals surface area contributed by atoms with Gasteiger partial charge in [0.1, 0.15) is 11.6 Å². The summed E-state index contributed by atoms with van der Waals surface area (Å²) >= 11 is 0. The third-order valence-electron chi connectivity index (χ3n) is 1.75. The summed E-state index contributed by atoms with van der Waals surface area (Å²) in [6.07, 6.45) is 0. The number of hydrogen-bond donors (Lipinski definition) is 3. The van der Waals surface area contributed by atoms with E-state index in [0.29, 0.717) is 0 Å². The number of hydrogen-bond acceptors (Lipinski definition) is 3. The van der Waals surface area contributed by atoms with Crippen molar-refractivity contribution >= 4 is 17.8 Å². The zero-order chi connectivity index (χ0) is 12.2. The van der Waals surface area contributed by atoms with Crippen molar-refractivity contribution in [1.29, 1.82) is 0 Å². The van der Waals surface area contributed by atoms with E-state index in [1.165, 1.54) is 0 Å². The zero-order valence-electron chi connectivity index (χ0n) is 8.48. The van der Waals surface area contributed by atoms with Gasteiger partial charge in [-0.25, -0.2) is 9.59 Å². The van der Waals surface area contributed by atoms with Crippen LogP contribution in [0.2, 0.25) is 0 Å². The molecule has 0 heterocycles. The molecule has 0 aromatic heterocycles. The lowest BCUT2D eigenvalue weighted by Crippen LogP contribution is -2.45. The maximum absolute atomic E-state index is 11.1. The molecular formula is C9H13NO5. The van der Waals surface area contributed by atoms with Crippen LogP contribution in [0.15, 0.2) is 12.2 Å².